The molecule has 3 rings (SSSR count). The molecule has 0 bridgehead atoms. The highest BCUT2D eigenvalue weighted by atomic mass is 127. The predicted molar refractivity (Wildman–Crippen MR) is 140 cm³/mol. The third kappa shape index (κ3) is 7.72. The van der Waals surface area contributed by atoms with Crippen molar-refractivity contribution in [2.24, 2.45) is 4.99 Å². The summed E-state index contributed by atoms with van der Waals surface area (Å²) in [5.41, 5.74) is 4.55. The van der Waals surface area contributed by atoms with Crippen molar-refractivity contribution in [2.75, 3.05) is 39.0 Å². The number of guanidine groups is 1. The first-order valence-electron chi connectivity index (χ1n) is 10.5. The fraction of sp³-hybridized carbons (Fsp3) is 0.435. The maximum Gasteiger partial charge on any atom is 0.213 e. The number of aryl methyl sites for hydroxylation is 2. The molecule has 2 N–H and O–H groups in total. The molecule has 1 saturated heterocycles. The average molecular weight is 573 g/mol. The minimum atomic E-state index is -3.39. The fourth-order valence-corrected chi connectivity index (χ4v) is 4.61. The molecular weight excluding hydrogens is 539 g/mol. The van der Waals surface area contributed by atoms with Gasteiger partial charge in [-0.25, -0.2) is 13.1 Å². The van der Waals surface area contributed by atoms with Crippen LogP contribution in [0.15, 0.2) is 53.5 Å². The van der Waals surface area contributed by atoms with Gasteiger partial charge in [-0.05, 0) is 30.5 Å². The molecule has 2 aromatic rings. The number of hydrogen-bond acceptors (Lipinski definition) is 4. The smallest absolute Gasteiger partial charge is 0.213 e. The second-order valence-corrected chi connectivity index (χ2v) is 9.69. The Morgan fingerprint density at radius 1 is 1.19 bits per heavy atom. The van der Waals surface area contributed by atoms with Crippen molar-refractivity contribution in [3.8, 4) is 0 Å². The van der Waals surface area contributed by atoms with Crippen LogP contribution in [-0.4, -0.2) is 58.3 Å². The van der Waals surface area contributed by atoms with E-state index < -0.39 is 10.0 Å². The minimum Gasteiger partial charge on any atom is -0.370 e. The van der Waals surface area contributed by atoms with Crippen LogP contribution in [0.2, 0.25) is 0 Å². The van der Waals surface area contributed by atoms with E-state index in [1.807, 2.05) is 30.3 Å². The molecule has 0 amide bonds. The standard InChI is InChI=1S/C23H32N4O3S.HI/c1-18-9-10-21(19(2)15-18)22-17-27(12-13-30-22)23(24-3)25-11-14-31(28,29)26-16-20-7-5-4-6-8-20;/h4-10,15,22,26H,11-14,16-17H2,1-3H3,(H,24,25);1H. The van der Waals surface area contributed by atoms with Crippen molar-refractivity contribution in [1.29, 1.82) is 0 Å². The van der Waals surface area contributed by atoms with E-state index in [1.54, 1.807) is 7.05 Å². The number of morpholine rings is 1. The SMILES string of the molecule is CN=C(NCCS(=O)(=O)NCc1ccccc1)N1CCOC(c2ccc(C)cc2C)C1.I. The molecule has 32 heavy (non-hydrogen) atoms. The van der Waals surface area contributed by atoms with E-state index in [0.717, 1.165) is 5.56 Å². The van der Waals surface area contributed by atoms with Crippen molar-refractivity contribution in [3.63, 3.8) is 0 Å². The van der Waals surface area contributed by atoms with Gasteiger partial charge in [0.1, 0.15) is 6.10 Å². The normalized spacial score (nSPS) is 17.0. The van der Waals surface area contributed by atoms with Gasteiger partial charge in [-0.2, -0.15) is 0 Å². The molecular formula is C23H33IN4O3S. The summed E-state index contributed by atoms with van der Waals surface area (Å²) in [6.45, 7) is 6.73. The van der Waals surface area contributed by atoms with Crippen LogP contribution < -0.4 is 10.0 Å². The van der Waals surface area contributed by atoms with Crippen LogP contribution in [0.4, 0.5) is 0 Å². The first kappa shape index (κ1) is 26.6. The Morgan fingerprint density at radius 2 is 1.94 bits per heavy atom. The summed E-state index contributed by atoms with van der Waals surface area (Å²) in [6, 6.07) is 15.9. The monoisotopic (exact) mass is 572 g/mol. The highest BCUT2D eigenvalue weighted by molar-refractivity contribution is 14.0. The molecule has 0 radical (unpaired) electrons. The number of halogens is 1. The summed E-state index contributed by atoms with van der Waals surface area (Å²) >= 11 is 0. The van der Waals surface area contributed by atoms with Gasteiger partial charge in [0.15, 0.2) is 5.96 Å². The molecule has 7 nitrogen and oxygen atoms in total. The molecule has 1 unspecified atom stereocenters. The zero-order chi connectivity index (χ0) is 22.3. The van der Waals surface area contributed by atoms with E-state index in [-0.39, 0.29) is 42.4 Å². The van der Waals surface area contributed by atoms with Crippen LogP contribution in [0.1, 0.15) is 28.4 Å². The van der Waals surface area contributed by atoms with Gasteiger partial charge >= 0.3 is 0 Å². The Labute approximate surface area is 208 Å². The Morgan fingerprint density at radius 3 is 2.62 bits per heavy atom. The second kappa shape index (κ2) is 12.5. The molecule has 1 atom stereocenters. The van der Waals surface area contributed by atoms with Crippen LogP contribution in [0.3, 0.4) is 0 Å². The first-order chi connectivity index (χ1) is 14.9. The number of sulfonamides is 1. The lowest BCUT2D eigenvalue weighted by atomic mass is 10.00. The predicted octanol–water partition coefficient (Wildman–Crippen LogP) is 2.99. The number of ether oxygens (including phenoxy) is 1. The first-order valence-corrected chi connectivity index (χ1v) is 12.2. The highest BCUT2D eigenvalue weighted by Crippen LogP contribution is 2.25. The lowest BCUT2D eigenvalue weighted by Crippen LogP contribution is -2.49. The van der Waals surface area contributed by atoms with Crippen molar-refractivity contribution in [1.82, 2.24) is 14.9 Å². The number of benzene rings is 2. The fourth-order valence-electron chi connectivity index (χ4n) is 3.71. The zero-order valence-electron chi connectivity index (χ0n) is 18.9. The molecule has 176 valence electrons. The largest absolute Gasteiger partial charge is 0.370 e. The number of aliphatic imine (C=N–C) groups is 1. The topological polar surface area (TPSA) is 83.0 Å². The Balaban J connectivity index is 0.00000363. The summed E-state index contributed by atoms with van der Waals surface area (Å²) in [5.74, 6) is 0.667. The molecule has 0 saturated carbocycles. The van der Waals surface area contributed by atoms with Crippen LogP contribution in [0.25, 0.3) is 0 Å². The zero-order valence-corrected chi connectivity index (χ0v) is 22.0. The van der Waals surface area contributed by atoms with E-state index in [9.17, 15) is 8.42 Å². The van der Waals surface area contributed by atoms with Gasteiger partial charge in [0.25, 0.3) is 0 Å². The summed E-state index contributed by atoms with van der Waals surface area (Å²) in [6.07, 6.45) is -0.0378. The number of hydrogen-bond donors (Lipinski definition) is 2. The van der Waals surface area contributed by atoms with Gasteiger partial charge < -0.3 is 15.0 Å². The summed E-state index contributed by atoms with van der Waals surface area (Å²) in [5, 5.41) is 3.19. The van der Waals surface area contributed by atoms with E-state index >= 15 is 0 Å². The maximum absolute atomic E-state index is 12.3. The van der Waals surface area contributed by atoms with Gasteiger partial charge in [-0.3, -0.25) is 4.99 Å². The molecule has 2 aromatic carbocycles. The molecule has 0 aliphatic carbocycles. The lowest BCUT2D eigenvalue weighted by Gasteiger charge is -2.35. The molecule has 9 heteroatoms. The minimum absolute atomic E-state index is 0. The van der Waals surface area contributed by atoms with Crippen molar-refractivity contribution in [2.45, 2.75) is 26.5 Å². The Hall–Kier alpha value is -1.69. The van der Waals surface area contributed by atoms with E-state index in [2.05, 4.69) is 52.0 Å². The van der Waals surface area contributed by atoms with E-state index in [4.69, 9.17) is 4.74 Å². The third-order valence-electron chi connectivity index (χ3n) is 5.34. The van der Waals surface area contributed by atoms with Gasteiger partial charge in [0.05, 0.1) is 18.9 Å². The summed E-state index contributed by atoms with van der Waals surface area (Å²) in [7, 11) is -1.67. The number of nitrogens with zero attached hydrogens (tertiary/aromatic N) is 2. The van der Waals surface area contributed by atoms with Crippen molar-refractivity contribution in [3.05, 3.63) is 70.8 Å². The molecule has 1 heterocycles. The van der Waals surface area contributed by atoms with E-state index in [0.29, 0.717) is 32.2 Å². The van der Waals surface area contributed by atoms with E-state index in [1.165, 1.54) is 16.7 Å². The molecule has 1 fully saturated rings. The van der Waals surface area contributed by atoms with Crippen molar-refractivity contribution < 1.29 is 13.2 Å². The highest BCUT2D eigenvalue weighted by Gasteiger charge is 2.25. The maximum atomic E-state index is 12.3. The van der Waals surface area contributed by atoms with Gasteiger partial charge in [-0.15, -0.1) is 24.0 Å². The number of rotatable bonds is 7. The van der Waals surface area contributed by atoms with Gasteiger partial charge in [0, 0.05) is 26.7 Å². The van der Waals surface area contributed by atoms with Gasteiger partial charge in [-0.1, -0.05) is 54.1 Å². The molecule has 0 spiro atoms. The lowest BCUT2D eigenvalue weighted by molar-refractivity contribution is -0.00828. The molecule has 1 aliphatic rings. The van der Waals surface area contributed by atoms with Crippen LogP contribution >= 0.6 is 24.0 Å². The summed E-state index contributed by atoms with van der Waals surface area (Å²) < 4.78 is 33.3. The number of nitrogens with one attached hydrogen (secondary N) is 2. The molecule has 0 aromatic heterocycles. The van der Waals surface area contributed by atoms with Crippen LogP contribution in [-0.2, 0) is 21.3 Å². The van der Waals surface area contributed by atoms with Gasteiger partial charge in [0.2, 0.25) is 10.0 Å². The quantitative estimate of drug-likeness (QED) is 0.303. The van der Waals surface area contributed by atoms with Crippen LogP contribution in [0.5, 0.6) is 0 Å². The van der Waals surface area contributed by atoms with Crippen LogP contribution in [0, 0.1) is 13.8 Å². The third-order valence-corrected chi connectivity index (χ3v) is 6.67. The Bertz CT molecular complexity index is 1000. The Kier molecular flexibility index (Phi) is 10.4. The van der Waals surface area contributed by atoms with Crippen molar-refractivity contribution >= 4 is 40.0 Å². The molecule has 1 aliphatic heterocycles. The second-order valence-electron chi connectivity index (χ2n) is 7.77. The average Bonchev–Trinajstić information content (AvgIpc) is 2.76. The summed E-state index contributed by atoms with van der Waals surface area (Å²) in [4.78, 5) is 6.47.